The number of benzene rings is 2. The van der Waals surface area contributed by atoms with Gasteiger partial charge in [-0.2, -0.15) is 0 Å². The van der Waals surface area contributed by atoms with E-state index in [1.165, 1.54) is 12.1 Å². The second kappa shape index (κ2) is 8.45. The van der Waals surface area contributed by atoms with Gasteiger partial charge in [-0.15, -0.1) is 0 Å². The van der Waals surface area contributed by atoms with E-state index in [0.717, 1.165) is 5.56 Å². The van der Waals surface area contributed by atoms with Crippen molar-refractivity contribution in [2.45, 2.75) is 26.1 Å². The van der Waals surface area contributed by atoms with Crippen LogP contribution in [0.3, 0.4) is 0 Å². The molecule has 0 aliphatic heterocycles. The monoisotopic (exact) mass is 331 g/mol. The number of halogens is 1. The lowest BCUT2D eigenvalue weighted by molar-refractivity contribution is 0.0764. The Balaban J connectivity index is 2.06. The van der Waals surface area contributed by atoms with Crippen LogP contribution in [0.15, 0.2) is 48.5 Å². The Hall–Kier alpha value is -2.40. The Labute approximate surface area is 141 Å². The second-order valence-electron chi connectivity index (χ2n) is 5.78. The Kier molecular flexibility index (Phi) is 6.32. The highest BCUT2D eigenvalue weighted by molar-refractivity contribution is 5.96. The van der Waals surface area contributed by atoms with Gasteiger partial charge in [-0.05, 0) is 43.2 Å². The normalized spacial score (nSPS) is 11.8. The highest BCUT2D eigenvalue weighted by Crippen LogP contribution is 2.21. The number of amides is 1. The van der Waals surface area contributed by atoms with Gasteiger partial charge in [0.05, 0.1) is 11.7 Å². The highest BCUT2D eigenvalue weighted by atomic mass is 19.1. The van der Waals surface area contributed by atoms with E-state index < -0.39 is 6.10 Å². The molecule has 24 heavy (non-hydrogen) atoms. The van der Waals surface area contributed by atoms with Crippen molar-refractivity contribution in [1.29, 1.82) is 0 Å². The lowest BCUT2D eigenvalue weighted by Crippen LogP contribution is -2.29. The Morgan fingerprint density at radius 3 is 2.54 bits per heavy atom. The number of para-hydroxylation sites is 1. The summed E-state index contributed by atoms with van der Waals surface area (Å²) in [6.07, 6.45) is 0.0612. The standard InChI is InChI=1S/C19H22FNO3/c1-14(22)11-12-21(2)19(23)17-5-3-4-6-18(17)24-13-15-7-9-16(20)10-8-15/h3-10,14,22H,11-13H2,1-2H3. The van der Waals surface area contributed by atoms with Crippen LogP contribution in [0.25, 0.3) is 0 Å². The molecule has 5 heteroatoms. The summed E-state index contributed by atoms with van der Waals surface area (Å²) in [5.41, 5.74) is 1.29. The molecule has 2 aromatic rings. The number of carbonyl (C=O) groups is 1. The summed E-state index contributed by atoms with van der Waals surface area (Å²) in [6.45, 7) is 2.41. The van der Waals surface area contributed by atoms with E-state index in [1.54, 1.807) is 55.3 Å². The molecule has 2 rings (SSSR count). The average Bonchev–Trinajstić information content (AvgIpc) is 2.58. The van der Waals surface area contributed by atoms with Crippen molar-refractivity contribution in [2.75, 3.05) is 13.6 Å². The summed E-state index contributed by atoms with van der Waals surface area (Å²) in [4.78, 5) is 14.1. The molecule has 0 aliphatic rings. The minimum absolute atomic E-state index is 0.162. The Morgan fingerprint density at radius 1 is 1.21 bits per heavy atom. The topological polar surface area (TPSA) is 49.8 Å². The number of ether oxygens (including phenoxy) is 1. The van der Waals surface area contributed by atoms with Crippen molar-refractivity contribution in [3.8, 4) is 5.75 Å². The lowest BCUT2D eigenvalue weighted by Gasteiger charge is -2.20. The number of nitrogens with zero attached hydrogens (tertiary/aromatic N) is 1. The quantitative estimate of drug-likeness (QED) is 0.847. The van der Waals surface area contributed by atoms with Crippen LogP contribution < -0.4 is 4.74 Å². The van der Waals surface area contributed by atoms with Gasteiger partial charge in [0.15, 0.2) is 0 Å². The number of aliphatic hydroxyl groups is 1. The van der Waals surface area contributed by atoms with Crippen LogP contribution in [0, 0.1) is 5.82 Å². The Bertz CT molecular complexity index is 671. The maximum Gasteiger partial charge on any atom is 0.257 e. The van der Waals surface area contributed by atoms with Crippen LogP contribution in [0.2, 0.25) is 0 Å². The van der Waals surface area contributed by atoms with E-state index in [2.05, 4.69) is 0 Å². The fourth-order valence-electron chi connectivity index (χ4n) is 2.20. The summed E-state index contributed by atoms with van der Waals surface area (Å²) in [7, 11) is 1.70. The highest BCUT2D eigenvalue weighted by Gasteiger charge is 2.16. The SMILES string of the molecule is CC(O)CCN(C)C(=O)c1ccccc1OCc1ccc(F)cc1. The minimum Gasteiger partial charge on any atom is -0.488 e. The van der Waals surface area contributed by atoms with Gasteiger partial charge in [0.2, 0.25) is 0 Å². The van der Waals surface area contributed by atoms with Gasteiger partial charge in [0.25, 0.3) is 5.91 Å². The van der Waals surface area contributed by atoms with Crippen LogP contribution in [-0.4, -0.2) is 35.6 Å². The number of carbonyl (C=O) groups excluding carboxylic acids is 1. The fraction of sp³-hybridized carbons (Fsp3) is 0.316. The number of hydrogen-bond acceptors (Lipinski definition) is 3. The molecule has 0 radical (unpaired) electrons. The lowest BCUT2D eigenvalue weighted by atomic mass is 10.1. The van der Waals surface area contributed by atoms with Gasteiger partial charge < -0.3 is 14.7 Å². The largest absolute Gasteiger partial charge is 0.488 e. The van der Waals surface area contributed by atoms with E-state index >= 15 is 0 Å². The first kappa shape index (κ1) is 17.9. The zero-order valence-electron chi connectivity index (χ0n) is 13.9. The first-order valence-electron chi connectivity index (χ1n) is 7.87. The molecule has 0 saturated heterocycles. The average molecular weight is 331 g/mol. The van der Waals surface area contributed by atoms with E-state index in [-0.39, 0.29) is 18.3 Å². The molecule has 1 atom stereocenters. The third kappa shape index (κ3) is 5.06. The van der Waals surface area contributed by atoms with Crippen LogP contribution in [0.4, 0.5) is 4.39 Å². The van der Waals surface area contributed by atoms with Gasteiger partial charge in [0.1, 0.15) is 18.2 Å². The van der Waals surface area contributed by atoms with E-state index in [0.29, 0.717) is 24.3 Å². The summed E-state index contributed by atoms with van der Waals surface area (Å²) in [5.74, 6) is 0.0233. The molecule has 0 saturated carbocycles. The summed E-state index contributed by atoms with van der Waals surface area (Å²) >= 11 is 0. The van der Waals surface area contributed by atoms with Gasteiger partial charge in [-0.25, -0.2) is 4.39 Å². The van der Waals surface area contributed by atoms with Crippen molar-refractivity contribution in [3.05, 3.63) is 65.5 Å². The first-order valence-corrected chi connectivity index (χ1v) is 7.87. The zero-order valence-corrected chi connectivity index (χ0v) is 13.9. The number of aliphatic hydroxyl groups excluding tert-OH is 1. The van der Waals surface area contributed by atoms with Gasteiger partial charge in [0, 0.05) is 13.6 Å². The van der Waals surface area contributed by atoms with Crippen molar-refractivity contribution in [1.82, 2.24) is 4.90 Å². The molecule has 1 amide bonds. The molecule has 0 fully saturated rings. The van der Waals surface area contributed by atoms with Crippen LogP contribution in [-0.2, 0) is 6.61 Å². The van der Waals surface area contributed by atoms with Crippen molar-refractivity contribution in [3.63, 3.8) is 0 Å². The van der Waals surface area contributed by atoms with Crippen molar-refractivity contribution < 1.29 is 19.0 Å². The van der Waals surface area contributed by atoms with Gasteiger partial charge in [-0.3, -0.25) is 4.79 Å². The Morgan fingerprint density at radius 2 is 1.88 bits per heavy atom. The molecule has 4 nitrogen and oxygen atoms in total. The van der Waals surface area contributed by atoms with Crippen LogP contribution >= 0.6 is 0 Å². The maximum atomic E-state index is 12.9. The van der Waals surface area contributed by atoms with Crippen LogP contribution in [0.1, 0.15) is 29.3 Å². The second-order valence-corrected chi connectivity index (χ2v) is 5.78. The third-order valence-corrected chi connectivity index (χ3v) is 3.65. The molecule has 0 heterocycles. The molecule has 0 spiro atoms. The molecule has 2 aromatic carbocycles. The molecule has 1 N–H and O–H groups in total. The molecule has 1 unspecified atom stereocenters. The molecular formula is C19H22FNO3. The summed E-state index contributed by atoms with van der Waals surface area (Å²) < 4.78 is 18.7. The third-order valence-electron chi connectivity index (χ3n) is 3.65. The molecule has 0 bridgehead atoms. The predicted octanol–water partition coefficient (Wildman–Crippen LogP) is 3.25. The number of rotatable bonds is 7. The first-order chi connectivity index (χ1) is 11.5. The van der Waals surface area contributed by atoms with E-state index in [9.17, 15) is 14.3 Å². The molecule has 128 valence electrons. The van der Waals surface area contributed by atoms with E-state index in [4.69, 9.17) is 4.74 Å². The molecule has 0 aromatic heterocycles. The van der Waals surface area contributed by atoms with E-state index in [1.807, 2.05) is 0 Å². The fourth-order valence-corrected chi connectivity index (χ4v) is 2.20. The van der Waals surface area contributed by atoms with Crippen LogP contribution in [0.5, 0.6) is 5.75 Å². The van der Waals surface area contributed by atoms with Gasteiger partial charge in [-0.1, -0.05) is 24.3 Å². The molecular weight excluding hydrogens is 309 g/mol. The van der Waals surface area contributed by atoms with Gasteiger partial charge >= 0.3 is 0 Å². The minimum atomic E-state index is -0.454. The summed E-state index contributed by atoms with van der Waals surface area (Å²) in [5, 5.41) is 9.35. The number of hydrogen-bond donors (Lipinski definition) is 1. The van der Waals surface area contributed by atoms with Crippen molar-refractivity contribution in [2.24, 2.45) is 0 Å². The predicted molar refractivity (Wildman–Crippen MR) is 90.4 cm³/mol. The molecule has 0 aliphatic carbocycles. The van der Waals surface area contributed by atoms with Crippen molar-refractivity contribution >= 4 is 5.91 Å². The maximum absolute atomic E-state index is 12.9. The smallest absolute Gasteiger partial charge is 0.257 e. The zero-order chi connectivity index (χ0) is 17.5. The summed E-state index contributed by atoms with van der Waals surface area (Å²) in [6, 6.07) is 13.1.